The normalized spacial score (nSPS) is 10.5. The summed E-state index contributed by atoms with van der Waals surface area (Å²) in [5.41, 5.74) is 1.03. The fourth-order valence-electron chi connectivity index (χ4n) is 2.91. The van der Waals surface area contributed by atoms with Gasteiger partial charge in [0.25, 0.3) is 0 Å². The molecule has 162 valence electrons. The molecule has 2 amide bonds. The van der Waals surface area contributed by atoms with Crippen molar-refractivity contribution in [3.63, 3.8) is 0 Å². The number of carbonyl (C=O) groups is 3. The molecular formula is C22H28N2O5S. The number of benzene rings is 1. The summed E-state index contributed by atoms with van der Waals surface area (Å²) in [6, 6.07) is 8.81. The summed E-state index contributed by atoms with van der Waals surface area (Å²) < 4.78 is 5.33. The largest absolute Gasteiger partial charge is 0.478 e. The predicted octanol–water partition coefficient (Wildman–Crippen LogP) is 5.16. The summed E-state index contributed by atoms with van der Waals surface area (Å²) in [5.74, 6) is -1.82. The highest BCUT2D eigenvalue weighted by Gasteiger charge is 2.27. The second kappa shape index (κ2) is 11.3. The third kappa shape index (κ3) is 6.32. The number of thiophene rings is 1. The van der Waals surface area contributed by atoms with Gasteiger partial charge >= 0.3 is 18.0 Å². The Kier molecular flexibility index (Phi) is 8.86. The van der Waals surface area contributed by atoms with E-state index in [1.807, 2.05) is 30.3 Å². The summed E-state index contributed by atoms with van der Waals surface area (Å²) in [6.45, 7) is 4.32. The van der Waals surface area contributed by atoms with Crippen LogP contribution in [0.3, 0.4) is 0 Å². The molecule has 1 heterocycles. The minimum Gasteiger partial charge on any atom is -0.478 e. The smallest absolute Gasteiger partial charge is 0.349 e. The van der Waals surface area contributed by atoms with Crippen LogP contribution in [0.2, 0.25) is 0 Å². The van der Waals surface area contributed by atoms with E-state index in [0.717, 1.165) is 42.6 Å². The second-order valence-corrected chi connectivity index (χ2v) is 8.06. The van der Waals surface area contributed by atoms with Crippen LogP contribution >= 0.6 is 11.3 Å². The Morgan fingerprint density at radius 1 is 1.13 bits per heavy atom. The van der Waals surface area contributed by atoms with Gasteiger partial charge < -0.3 is 14.7 Å². The standard InChI is InChI=1S/C22H28N2O5S/c1-4-5-6-10-13-24(3)22(28)23-19-17(20(25)26)15(2)18(30-19)21(27)29-14-16-11-8-7-9-12-16/h7-9,11-12H,4-6,10,13-14H2,1-3H3,(H,23,28)(H,25,26). The van der Waals surface area contributed by atoms with Crippen LogP contribution in [0.15, 0.2) is 30.3 Å². The molecule has 0 spiro atoms. The second-order valence-electron chi connectivity index (χ2n) is 7.04. The van der Waals surface area contributed by atoms with E-state index in [9.17, 15) is 19.5 Å². The first-order chi connectivity index (χ1) is 14.3. The molecule has 0 radical (unpaired) electrons. The maximum absolute atomic E-state index is 12.5. The van der Waals surface area contributed by atoms with Crippen molar-refractivity contribution >= 4 is 34.3 Å². The number of hydrogen-bond donors (Lipinski definition) is 2. The molecule has 30 heavy (non-hydrogen) atoms. The molecule has 0 bridgehead atoms. The number of hydrogen-bond acceptors (Lipinski definition) is 5. The number of anilines is 1. The summed E-state index contributed by atoms with van der Waals surface area (Å²) in [4.78, 5) is 38.4. The van der Waals surface area contributed by atoms with Crippen molar-refractivity contribution in [2.75, 3.05) is 18.9 Å². The molecule has 0 saturated carbocycles. The highest BCUT2D eigenvalue weighted by molar-refractivity contribution is 7.18. The zero-order valence-corrected chi connectivity index (χ0v) is 18.4. The van der Waals surface area contributed by atoms with Gasteiger partial charge in [-0.15, -0.1) is 11.3 Å². The molecule has 2 rings (SSSR count). The van der Waals surface area contributed by atoms with Crippen LogP contribution in [0.1, 0.15) is 63.8 Å². The molecule has 0 saturated heterocycles. The number of carboxylic acid groups (broad SMARTS) is 1. The highest BCUT2D eigenvalue weighted by atomic mass is 32.1. The van der Waals surface area contributed by atoms with Gasteiger partial charge in [0.15, 0.2) is 0 Å². The third-order valence-corrected chi connectivity index (χ3v) is 5.86. The van der Waals surface area contributed by atoms with Gasteiger partial charge in [-0.25, -0.2) is 14.4 Å². The van der Waals surface area contributed by atoms with E-state index in [-0.39, 0.29) is 27.6 Å². The number of nitrogens with zero attached hydrogens (tertiary/aromatic N) is 1. The average Bonchev–Trinajstić information content (AvgIpc) is 3.06. The van der Waals surface area contributed by atoms with E-state index < -0.39 is 18.0 Å². The van der Waals surface area contributed by atoms with Gasteiger partial charge in [-0.05, 0) is 24.5 Å². The molecule has 1 aromatic heterocycles. The molecule has 8 heteroatoms. The van der Waals surface area contributed by atoms with Crippen LogP contribution in [0.4, 0.5) is 9.80 Å². The maximum atomic E-state index is 12.5. The lowest BCUT2D eigenvalue weighted by molar-refractivity contribution is 0.0477. The minimum absolute atomic E-state index is 0.0839. The zero-order valence-electron chi connectivity index (χ0n) is 17.6. The van der Waals surface area contributed by atoms with Crippen molar-refractivity contribution in [2.24, 2.45) is 0 Å². The average molecular weight is 433 g/mol. The van der Waals surface area contributed by atoms with Gasteiger partial charge in [0, 0.05) is 13.6 Å². The number of carboxylic acids is 1. The minimum atomic E-state index is -1.20. The van der Waals surface area contributed by atoms with Crippen LogP contribution in [0, 0.1) is 6.92 Å². The summed E-state index contributed by atoms with van der Waals surface area (Å²) in [5, 5.41) is 12.4. The number of rotatable bonds is 10. The van der Waals surface area contributed by atoms with Crippen molar-refractivity contribution in [3.05, 3.63) is 51.9 Å². The Morgan fingerprint density at radius 2 is 1.83 bits per heavy atom. The number of carbonyl (C=O) groups excluding carboxylic acids is 2. The monoisotopic (exact) mass is 432 g/mol. The number of esters is 1. The number of unbranched alkanes of at least 4 members (excludes halogenated alkanes) is 3. The Morgan fingerprint density at radius 3 is 2.47 bits per heavy atom. The van der Waals surface area contributed by atoms with Gasteiger partial charge in [-0.1, -0.05) is 56.5 Å². The van der Waals surface area contributed by atoms with E-state index >= 15 is 0 Å². The molecular weight excluding hydrogens is 404 g/mol. The fourth-order valence-corrected chi connectivity index (χ4v) is 3.99. The molecule has 0 aliphatic carbocycles. The first-order valence-corrected chi connectivity index (χ1v) is 10.8. The first-order valence-electron chi connectivity index (χ1n) is 9.95. The number of nitrogens with one attached hydrogen (secondary N) is 1. The zero-order chi connectivity index (χ0) is 22.1. The first kappa shape index (κ1) is 23.4. The van der Waals surface area contributed by atoms with E-state index in [1.54, 1.807) is 14.0 Å². The molecule has 0 unspecified atom stereocenters. The maximum Gasteiger partial charge on any atom is 0.349 e. The van der Waals surface area contributed by atoms with E-state index in [0.29, 0.717) is 6.54 Å². The lowest BCUT2D eigenvalue weighted by atomic mass is 10.1. The van der Waals surface area contributed by atoms with E-state index in [1.165, 1.54) is 4.90 Å². The quantitative estimate of drug-likeness (QED) is 0.399. The molecule has 2 aromatic rings. The lowest BCUT2D eigenvalue weighted by Crippen LogP contribution is -2.32. The van der Waals surface area contributed by atoms with Gasteiger partial charge in [0.1, 0.15) is 16.5 Å². The predicted molar refractivity (Wildman–Crippen MR) is 117 cm³/mol. The van der Waals surface area contributed by atoms with Crippen molar-refractivity contribution < 1.29 is 24.2 Å². The van der Waals surface area contributed by atoms with Crippen LogP contribution < -0.4 is 5.32 Å². The van der Waals surface area contributed by atoms with Crippen molar-refractivity contribution in [3.8, 4) is 0 Å². The van der Waals surface area contributed by atoms with Crippen LogP contribution in [0.5, 0.6) is 0 Å². The Hall–Kier alpha value is -2.87. The van der Waals surface area contributed by atoms with Gasteiger partial charge in [0.05, 0.1) is 5.56 Å². The molecule has 0 fully saturated rings. The van der Waals surface area contributed by atoms with Crippen LogP contribution in [0.25, 0.3) is 0 Å². The van der Waals surface area contributed by atoms with Crippen molar-refractivity contribution in [1.29, 1.82) is 0 Å². The number of urea groups is 1. The summed E-state index contributed by atoms with van der Waals surface area (Å²) in [6.07, 6.45) is 4.13. The van der Waals surface area contributed by atoms with Gasteiger partial charge in [-0.2, -0.15) is 0 Å². The Bertz CT molecular complexity index is 879. The third-order valence-electron chi connectivity index (χ3n) is 4.67. The van der Waals surface area contributed by atoms with Crippen LogP contribution in [-0.2, 0) is 11.3 Å². The Balaban J connectivity index is 2.09. The lowest BCUT2D eigenvalue weighted by Gasteiger charge is -2.17. The topological polar surface area (TPSA) is 95.9 Å². The van der Waals surface area contributed by atoms with Crippen molar-refractivity contribution in [2.45, 2.75) is 46.1 Å². The fraction of sp³-hybridized carbons (Fsp3) is 0.409. The molecule has 0 atom stereocenters. The number of amides is 2. The molecule has 7 nitrogen and oxygen atoms in total. The molecule has 1 aromatic carbocycles. The molecule has 0 aliphatic rings. The van der Waals surface area contributed by atoms with Crippen molar-refractivity contribution in [1.82, 2.24) is 4.90 Å². The number of aromatic carboxylic acids is 1. The molecule has 0 aliphatic heterocycles. The van der Waals surface area contributed by atoms with Crippen LogP contribution in [-0.4, -0.2) is 41.6 Å². The highest BCUT2D eigenvalue weighted by Crippen LogP contribution is 2.34. The SMILES string of the molecule is CCCCCCN(C)C(=O)Nc1sc(C(=O)OCc2ccccc2)c(C)c1C(=O)O. The summed E-state index contributed by atoms with van der Waals surface area (Å²) in [7, 11) is 1.66. The van der Waals surface area contributed by atoms with E-state index in [2.05, 4.69) is 12.2 Å². The van der Waals surface area contributed by atoms with Gasteiger partial charge in [0.2, 0.25) is 0 Å². The molecule has 2 N–H and O–H groups in total. The van der Waals surface area contributed by atoms with Gasteiger partial charge in [-0.3, -0.25) is 5.32 Å². The van der Waals surface area contributed by atoms with E-state index in [4.69, 9.17) is 4.74 Å². The number of ether oxygens (including phenoxy) is 1. The Labute approximate surface area is 180 Å². The summed E-state index contributed by atoms with van der Waals surface area (Å²) >= 11 is 0.921.